The molecule has 2 nitrogen and oxygen atoms in total. The number of benzene rings is 5. The van der Waals surface area contributed by atoms with Gasteiger partial charge in [-0.1, -0.05) is 0 Å². The van der Waals surface area contributed by atoms with Crippen LogP contribution in [0.25, 0.3) is 16.7 Å². The molecule has 220 valence electrons. The minimum absolute atomic E-state index is 0.587. The van der Waals surface area contributed by atoms with E-state index in [2.05, 4.69) is 183 Å². The van der Waals surface area contributed by atoms with Gasteiger partial charge >= 0.3 is 274 Å². The monoisotopic (exact) mass is 622 g/mol. The Morgan fingerprint density at radius 3 is 1.44 bits per heavy atom. The van der Waals surface area contributed by atoms with Crippen molar-refractivity contribution >= 4 is 27.0 Å². The van der Waals surface area contributed by atoms with Gasteiger partial charge in [-0.2, -0.15) is 0 Å². The first-order valence-electron chi connectivity index (χ1n) is 15.2. The Balaban J connectivity index is 1.69. The normalized spacial score (nSPS) is 14.2. The Bertz CT molecular complexity index is 1930. The van der Waals surface area contributed by atoms with Crippen LogP contribution in [0.4, 0.5) is 5.69 Å². The van der Waals surface area contributed by atoms with Crippen molar-refractivity contribution in [2.45, 2.75) is 5.41 Å². The van der Waals surface area contributed by atoms with E-state index in [9.17, 15) is 0 Å². The third-order valence-corrected chi connectivity index (χ3v) is 9.96. The van der Waals surface area contributed by atoms with E-state index in [0.717, 1.165) is 10.3 Å². The van der Waals surface area contributed by atoms with Crippen LogP contribution in [-0.4, -0.2) is 19.1 Å². The van der Waals surface area contributed by atoms with Crippen molar-refractivity contribution in [2.75, 3.05) is 19.0 Å². The van der Waals surface area contributed by atoms with Crippen LogP contribution in [0.15, 0.2) is 174 Å². The third-order valence-electron chi connectivity index (χ3n) is 8.41. The zero-order valence-electron chi connectivity index (χ0n) is 25.4. The van der Waals surface area contributed by atoms with Gasteiger partial charge in [-0.25, -0.2) is 0 Å². The fraction of sp³-hybridized carbons (Fsp3) is 0.0714. The second kappa shape index (κ2) is 12.6. The summed E-state index contributed by atoms with van der Waals surface area (Å²) in [6.07, 6.45) is 1.94. The zero-order valence-corrected chi connectivity index (χ0v) is 26.5. The minimum atomic E-state index is -0.587. The average molecular weight is 623 g/mol. The molecule has 1 aromatic heterocycles. The van der Waals surface area contributed by atoms with Gasteiger partial charge in [0.2, 0.25) is 0 Å². The van der Waals surface area contributed by atoms with Crippen LogP contribution in [-0.2, 0) is 20.4 Å². The SMILES string of the molecule is CN(C)c1ccn[c]([Fe][C]2=C(c3ccccc3)C(c3ccccc3)=C(c3ccccc3)C2(c2ccccc2)c2ccccc2)c1. The quantitative estimate of drug-likeness (QED) is 0.158. The first-order valence-corrected chi connectivity index (χ1v) is 16.3. The molecule has 0 saturated heterocycles. The molecule has 7 rings (SSSR count). The summed E-state index contributed by atoms with van der Waals surface area (Å²) in [4.78, 5) is 7.13. The zero-order chi connectivity index (χ0) is 30.6. The number of allylic oxidation sites excluding steroid dienone is 4. The van der Waals surface area contributed by atoms with Crippen LogP contribution in [0.2, 0.25) is 0 Å². The number of rotatable bonds is 8. The number of hydrogen-bond acceptors (Lipinski definition) is 2. The van der Waals surface area contributed by atoms with Crippen molar-refractivity contribution in [3.63, 3.8) is 0 Å². The molecule has 0 unspecified atom stereocenters. The molecule has 3 heteroatoms. The van der Waals surface area contributed by atoms with E-state index in [1.807, 2.05) is 6.20 Å². The molecule has 45 heavy (non-hydrogen) atoms. The number of hydrogen-bond donors (Lipinski definition) is 0. The number of aromatic nitrogens is 1. The first-order chi connectivity index (χ1) is 22.2. The van der Waals surface area contributed by atoms with Crippen molar-refractivity contribution in [1.29, 1.82) is 0 Å². The molecular weight excluding hydrogens is 588 g/mol. The molecule has 1 heterocycles. The summed E-state index contributed by atoms with van der Waals surface area (Å²) >= 11 is 0.683. The van der Waals surface area contributed by atoms with E-state index in [0.29, 0.717) is 15.0 Å². The Morgan fingerprint density at radius 1 is 0.511 bits per heavy atom. The molecule has 0 fully saturated rings. The summed E-state index contributed by atoms with van der Waals surface area (Å²) in [6, 6.07) is 59.3. The van der Waals surface area contributed by atoms with Crippen LogP contribution in [0, 0.1) is 0 Å². The molecular formula is C42H34FeN2. The van der Waals surface area contributed by atoms with Gasteiger partial charge in [-0.15, -0.1) is 0 Å². The first kappa shape index (κ1) is 28.8. The van der Waals surface area contributed by atoms with Crippen molar-refractivity contribution in [1.82, 2.24) is 4.98 Å². The topological polar surface area (TPSA) is 16.1 Å². The summed E-state index contributed by atoms with van der Waals surface area (Å²) in [5.41, 5.74) is 10.5. The predicted octanol–water partition coefficient (Wildman–Crippen LogP) is 8.88. The van der Waals surface area contributed by atoms with Gasteiger partial charge in [0.05, 0.1) is 0 Å². The summed E-state index contributed by atoms with van der Waals surface area (Å²) < 4.78 is 2.37. The fourth-order valence-electron chi connectivity index (χ4n) is 6.44. The van der Waals surface area contributed by atoms with Gasteiger partial charge in [-0.05, 0) is 0 Å². The van der Waals surface area contributed by atoms with E-state index >= 15 is 0 Å². The van der Waals surface area contributed by atoms with Crippen molar-refractivity contribution in [2.24, 2.45) is 0 Å². The van der Waals surface area contributed by atoms with Crippen LogP contribution in [0.1, 0.15) is 27.8 Å². The third kappa shape index (κ3) is 5.25. The van der Waals surface area contributed by atoms with Gasteiger partial charge in [0, 0.05) is 0 Å². The second-order valence-electron chi connectivity index (χ2n) is 11.3. The Hall–Kier alpha value is -4.95. The fourth-order valence-corrected chi connectivity index (χ4v) is 8.22. The summed E-state index contributed by atoms with van der Waals surface area (Å²) in [5, 5.41) is 0. The molecule has 0 amide bonds. The average Bonchev–Trinajstić information content (AvgIpc) is 3.41. The summed E-state index contributed by atoms with van der Waals surface area (Å²) in [6.45, 7) is 0. The van der Waals surface area contributed by atoms with Gasteiger partial charge in [0.15, 0.2) is 0 Å². The molecule has 0 atom stereocenters. The summed E-state index contributed by atoms with van der Waals surface area (Å²) in [5.74, 6) is 0. The molecule has 1 aliphatic carbocycles. The van der Waals surface area contributed by atoms with Gasteiger partial charge < -0.3 is 0 Å². The van der Waals surface area contributed by atoms with Crippen LogP contribution >= 0.6 is 0 Å². The van der Waals surface area contributed by atoms with Crippen molar-refractivity contribution in [3.05, 3.63) is 202 Å². The summed E-state index contributed by atoms with van der Waals surface area (Å²) in [7, 11) is 4.17. The molecule has 0 aliphatic heterocycles. The predicted molar refractivity (Wildman–Crippen MR) is 185 cm³/mol. The van der Waals surface area contributed by atoms with Crippen molar-refractivity contribution in [3.8, 4) is 0 Å². The maximum atomic E-state index is 4.98. The molecule has 0 N–H and O–H groups in total. The molecule has 0 radical (unpaired) electrons. The van der Waals surface area contributed by atoms with Crippen LogP contribution < -0.4 is 9.49 Å². The van der Waals surface area contributed by atoms with E-state index in [-0.39, 0.29) is 0 Å². The van der Waals surface area contributed by atoms with E-state index in [1.54, 1.807) is 0 Å². The Kier molecular flexibility index (Phi) is 8.05. The standard InChI is InChI=1S/C35H25.C7H9N2.Fe/c1-6-16-27(17-7-1)32-26-35(30-22-12-4-13-23-30,31-24-14-5-15-25-31)34(29-20-10-3-11-21-29)33(32)28-18-8-2-9-19-28;1-9(2)7-3-5-8-6-4-7;/h1-25H;3-5H,1-2H3;. The molecule has 6 aromatic rings. The molecule has 0 bridgehead atoms. The van der Waals surface area contributed by atoms with E-state index in [1.165, 1.54) is 49.0 Å². The maximum absolute atomic E-state index is 4.98. The number of anilines is 1. The molecule has 0 spiro atoms. The van der Waals surface area contributed by atoms with Gasteiger partial charge in [0.25, 0.3) is 0 Å². The number of nitrogens with zero attached hydrogens (tertiary/aromatic N) is 2. The second-order valence-corrected chi connectivity index (χ2v) is 12.7. The van der Waals surface area contributed by atoms with Gasteiger partial charge in [0.1, 0.15) is 0 Å². The molecule has 0 saturated carbocycles. The Morgan fingerprint density at radius 2 is 0.956 bits per heavy atom. The molecule has 1 aliphatic rings. The Labute approximate surface area is 272 Å². The van der Waals surface area contributed by atoms with E-state index in [4.69, 9.17) is 4.98 Å². The molecule has 5 aromatic carbocycles. The van der Waals surface area contributed by atoms with Crippen LogP contribution in [0.3, 0.4) is 0 Å². The number of pyridine rings is 1. The van der Waals surface area contributed by atoms with Crippen molar-refractivity contribution < 1.29 is 15.0 Å². The van der Waals surface area contributed by atoms with Crippen LogP contribution in [0.5, 0.6) is 0 Å². The van der Waals surface area contributed by atoms with Gasteiger partial charge in [-0.3, -0.25) is 0 Å². The van der Waals surface area contributed by atoms with E-state index < -0.39 is 5.41 Å².